The third-order valence-corrected chi connectivity index (χ3v) is 9.29. The van der Waals surface area contributed by atoms with Crippen LogP contribution in [0, 0.1) is 0 Å². The van der Waals surface area contributed by atoms with Gasteiger partial charge >= 0.3 is 0 Å². The molecule has 2 aliphatic rings. The summed E-state index contributed by atoms with van der Waals surface area (Å²) >= 11 is 6.69. The van der Waals surface area contributed by atoms with Crippen LogP contribution in [0.15, 0.2) is 146 Å². The van der Waals surface area contributed by atoms with Crippen LogP contribution in [-0.4, -0.2) is 15.0 Å². The fourth-order valence-corrected chi connectivity index (χ4v) is 7.63. The third kappa shape index (κ3) is 3.42. The molecule has 7 aromatic rings. The molecule has 1 spiro atoms. The van der Waals surface area contributed by atoms with E-state index in [2.05, 4.69) is 114 Å². The van der Waals surface area contributed by atoms with Gasteiger partial charge in [-0.25, -0.2) is 4.98 Å². The van der Waals surface area contributed by atoms with Crippen molar-refractivity contribution in [3.05, 3.63) is 173 Å². The number of nitrogens with zero attached hydrogens (tertiary/aromatic N) is 3. The van der Waals surface area contributed by atoms with Crippen molar-refractivity contribution in [1.82, 2.24) is 15.0 Å². The summed E-state index contributed by atoms with van der Waals surface area (Å²) < 4.78 is 0. The zero-order valence-electron chi connectivity index (χ0n) is 23.6. The molecule has 0 saturated carbocycles. The Kier molecular flexibility index (Phi) is 5.47. The van der Waals surface area contributed by atoms with Crippen LogP contribution in [0.2, 0.25) is 5.28 Å². The number of benzene rings is 6. The lowest BCUT2D eigenvalue weighted by Gasteiger charge is -2.30. The van der Waals surface area contributed by atoms with Crippen molar-refractivity contribution < 1.29 is 0 Å². The molecule has 2 aliphatic carbocycles. The standard InChI is InChI=1S/C40H24ClN3/c41-39-43-37(29-18-5-4-15-26(29)25-13-2-1-3-14-25)42-38(44-39)31-20-12-24-35-36(31)30-19-8-11-23-34(30)40(35)32-21-9-6-16-27(32)28-17-7-10-22-33(28)40/h1-24H. The molecule has 1 aromatic heterocycles. The first-order valence-corrected chi connectivity index (χ1v) is 15.1. The second-order valence-electron chi connectivity index (χ2n) is 11.3. The van der Waals surface area contributed by atoms with Crippen molar-refractivity contribution in [2.45, 2.75) is 5.41 Å². The summed E-state index contributed by atoms with van der Waals surface area (Å²) in [5.74, 6) is 1.11. The highest BCUT2D eigenvalue weighted by Crippen LogP contribution is 2.63. The van der Waals surface area contributed by atoms with Crippen molar-refractivity contribution >= 4 is 11.6 Å². The first-order valence-electron chi connectivity index (χ1n) is 14.7. The molecule has 0 radical (unpaired) electrons. The molecule has 0 saturated heterocycles. The van der Waals surface area contributed by atoms with Crippen LogP contribution in [0.25, 0.3) is 56.2 Å². The number of rotatable bonds is 3. The Morgan fingerprint density at radius 2 is 0.818 bits per heavy atom. The van der Waals surface area contributed by atoms with Crippen LogP contribution in [0.4, 0.5) is 0 Å². The van der Waals surface area contributed by atoms with Gasteiger partial charge in [0.05, 0.1) is 5.41 Å². The van der Waals surface area contributed by atoms with Crippen LogP contribution in [0.5, 0.6) is 0 Å². The zero-order valence-corrected chi connectivity index (χ0v) is 24.3. The van der Waals surface area contributed by atoms with Crippen molar-refractivity contribution in [1.29, 1.82) is 0 Å². The van der Waals surface area contributed by atoms with Gasteiger partial charge in [0.25, 0.3) is 0 Å². The summed E-state index contributed by atoms with van der Waals surface area (Å²) in [6.07, 6.45) is 0. The Morgan fingerprint density at radius 1 is 0.364 bits per heavy atom. The molecule has 0 aliphatic heterocycles. The Labute approximate surface area is 260 Å². The van der Waals surface area contributed by atoms with E-state index in [9.17, 15) is 0 Å². The number of hydrogen-bond donors (Lipinski definition) is 0. The highest BCUT2D eigenvalue weighted by atomic mass is 35.5. The van der Waals surface area contributed by atoms with E-state index in [1.807, 2.05) is 36.4 Å². The second kappa shape index (κ2) is 9.57. The number of aromatic nitrogens is 3. The van der Waals surface area contributed by atoms with Crippen LogP contribution < -0.4 is 0 Å². The van der Waals surface area contributed by atoms with E-state index in [0.717, 1.165) is 27.8 Å². The monoisotopic (exact) mass is 581 g/mol. The van der Waals surface area contributed by atoms with Crippen LogP contribution in [0.1, 0.15) is 22.3 Å². The predicted octanol–water partition coefficient (Wildman–Crippen LogP) is 9.87. The van der Waals surface area contributed by atoms with E-state index in [-0.39, 0.29) is 5.28 Å². The van der Waals surface area contributed by atoms with E-state index in [1.54, 1.807) is 0 Å². The van der Waals surface area contributed by atoms with Crippen LogP contribution in [0.3, 0.4) is 0 Å². The molecule has 0 unspecified atom stereocenters. The van der Waals surface area contributed by atoms with Gasteiger partial charge in [0.15, 0.2) is 11.6 Å². The summed E-state index contributed by atoms with van der Waals surface area (Å²) in [4.78, 5) is 14.5. The van der Waals surface area contributed by atoms with E-state index in [4.69, 9.17) is 21.6 Å². The lowest BCUT2D eigenvalue weighted by Crippen LogP contribution is -2.25. The van der Waals surface area contributed by atoms with Crippen LogP contribution >= 0.6 is 11.6 Å². The normalized spacial score (nSPS) is 13.3. The van der Waals surface area contributed by atoms with Crippen molar-refractivity contribution in [2.24, 2.45) is 0 Å². The molecule has 0 atom stereocenters. The van der Waals surface area contributed by atoms with Gasteiger partial charge in [-0.3, -0.25) is 0 Å². The van der Waals surface area contributed by atoms with Gasteiger partial charge in [-0.15, -0.1) is 0 Å². The quantitative estimate of drug-likeness (QED) is 0.208. The second-order valence-corrected chi connectivity index (χ2v) is 11.6. The average Bonchev–Trinajstić information content (AvgIpc) is 3.56. The highest BCUT2D eigenvalue weighted by molar-refractivity contribution is 6.28. The van der Waals surface area contributed by atoms with Gasteiger partial charge < -0.3 is 0 Å². The lowest BCUT2D eigenvalue weighted by molar-refractivity contribution is 0.794. The molecular formula is C40H24ClN3. The molecule has 0 amide bonds. The van der Waals surface area contributed by atoms with Crippen molar-refractivity contribution in [3.63, 3.8) is 0 Å². The van der Waals surface area contributed by atoms with E-state index in [1.165, 1.54) is 38.9 Å². The molecule has 44 heavy (non-hydrogen) atoms. The highest BCUT2D eigenvalue weighted by Gasteiger charge is 2.52. The van der Waals surface area contributed by atoms with Crippen molar-refractivity contribution in [3.8, 4) is 56.2 Å². The maximum Gasteiger partial charge on any atom is 0.226 e. The lowest BCUT2D eigenvalue weighted by atomic mass is 9.70. The summed E-state index contributed by atoms with van der Waals surface area (Å²) in [5.41, 5.74) is 13.5. The smallest absolute Gasteiger partial charge is 0.208 e. The molecule has 6 aromatic carbocycles. The van der Waals surface area contributed by atoms with Gasteiger partial charge in [0.2, 0.25) is 5.28 Å². The molecule has 4 heteroatoms. The number of fused-ring (bicyclic) bond motifs is 10. The third-order valence-electron chi connectivity index (χ3n) is 9.12. The summed E-state index contributed by atoms with van der Waals surface area (Å²) in [6, 6.07) is 51.4. The number of halogens is 1. The molecule has 9 rings (SSSR count). The molecule has 206 valence electrons. The Hall–Kier alpha value is -5.38. The minimum atomic E-state index is -0.436. The van der Waals surface area contributed by atoms with Gasteiger partial charge in [-0.05, 0) is 67.2 Å². The minimum absolute atomic E-state index is 0.169. The SMILES string of the molecule is Clc1nc(-c2ccccc2-c2ccccc2)nc(-c2cccc3c2-c2ccccc2C32c3ccccc3-c3ccccc32)n1. The molecule has 0 N–H and O–H groups in total. The summed E-state index contributed by atoms with van der Waals surface area (Å²) in [5, 5.41) is 0.169. The summed E-state index contributed by atoms with van der Waals surface area (Å²) in [6.45, 7) is 0. The average molecular weight is 582 g/mol. The van der Waals surface area contributed by atoms with E-state index < -0.39 is 5.41 Å². The predicted molar refractivity (Wildman–Crippen MR) is 177 cm³/mol. The fourth-order valence-electron chi connectivity index (χ4n) is 7.47. The first-order chi connectivity index (χ1) is 21.7. The van der Waals surface area contributed by atoms with Gasteiger partial charge in [-0.2, -0.15) is 9.97 Å². The molecule has 1 heterocycles. The number of hydrogen-bond acceptors (Lipinski definition) is 3. The van der Waals surface area contributed by atoms with E-state index >= 15 is 0 Å². The Bertz CT molecular complexity index is 2210. The fraction of sp³-hybridized carbons (Fsp3) is 0.0250. The Balaban J connectivity index is 1.31. The van der Waals surface area contributed by atoms with Gasteiger partial charge in [0.1, 0.15) is 0 Å². The molecule has 0 fully saturated rings. The van der Waals surface area contributed by atoms with Gasteiger partial charge in [0, 0.05) is 11.1 Å². The summed E-state index contributed by atoms with van der Waals surface area (Å²) in [7, 11) is 0. The topological polar surface area (TPSA) is 38.7 Å². The zero-order chi connectivity index (χ0) is 29.3. The maximum absolute atomic E-state index is 6.69. The maximum atomic E-state index is 6.69. The Morgan fingerprint density at radius 3 is 1.48 bits per heavy atom. The van der Waals surface area contributed by atoms with Gasteiger partial charge in [-0.1, -0.05) is 146 Å². The molecular weight excluding hydrogens is 558 g/mol. The van der Waals surface area contributed by atoms with Crippen LogP contribution in [-0.2, 0) is 5.41 Å². The minimum Gasteiger partial charge on any atom is -0.208 e. The van der Waals surface area contributed by atoms with E-state index in [0.29, 0.717) is 11.6 Å². The molecule has 0 bridgehead atoms. The largest absolute Gasteiger partial charge is 0.226 e. The van der Waals surface area contributed by atoms with Crippen molar-refractivity contribution in [2.75, 3.05) is 0 Å². The molecule has 3 nitrogen and oxygen atoms in total. The first kappa shape index (κ1) is 25.1.